The van der Waals surface area contributed by atoms with Gasteiger partial charge in [-0.25, -0.2) is 0 Å². The first-order chi connectivity index (χ1) is 24.7. The molecule has 6 atom stereocenters. The number of fused-ring (bicyclic) bond motifs is 9. The van der Waals surface area contributed by atoms with Gasteiger partial charge < -0.3 is 10.4 Å². The molecule has 276 valence electrons. The minimum atomic E-state index is -1.68. The fourth-order valence-corrected chi connectivity index (χ4v) is 12.7. The molecule has 4 heterocycles. The van der Waals surface area contributed by atoms with Crippen molar-refractivity contribution >= 4 is 13.3 Å². The third-order valence-corrected chi connectivity index (χ3v) is 15.1. The van der Waals surface area contributed by atoms with Crippen LogP contribution in [0.25, 0.3) is 11.3 Å². The van der Waals surface area contributed by atoms with Crippen LogP contribution in [0.5, 0.6) is 0 Å². The van der Waals surface area contributed by atoms with Gasteiger partial charge >= 0.3 is 0 Å². The number of benzene rings is 1. The average Bonchev–Trinajstić information content (AvgIpc) is 3.07. The SMILES string of the molecule is C=CC1C2C(c3ccccc3-c3cc(CC(C)(C)C)c([Si](C)(C)C)c[n+]32)C12CC(C=CC)C(NC(=C)O)CCc1cc(CC3CCCCC3)cc[n+]12. The summed E-state index contributed by atoms with van der Waals surface area (Å²) >= 11 is 0. The van der Waals surface area contributed by atoms with Crippen LogP contribution in [0.4, 0.5) is 0 Å². The molecule has 2 N–H and O–H groups in total. The summed E-state index contributed by atoms with van der Waals surface area (Å²) in [5.74, 6) is 1.56. The van der Waals surface area contributed by atoms with Gasteiger partial charge in [-0.15, -0.1) is 6.58 Å². The third kappa shape index (κ3) is 6.65. The Bertz CT molecular complexity index is 1860. The highest BCUT2D eigenvalue weighted by Gasteiger charge is 2.75. The topological polar surface area (TPSA) is 40.0 Å². The van der Waals surface area contributed by atoms with Gasteiger partial charge in [0.2, 0.25) is 5.69 Å². The number of rotatable bonds is 8. The molecule has 52 heavy (non-hydrogen) atoms. The first-order valence-corrected chi connectivity index (χ1v) is 23.9. The highest BCUT2D eigenvalue weighted by molar-refractivity contribution is 6.89. The number of aliphatic hydroxyl groups is 1. The van der Waals surface area contributed by atoms with Crippen LogP contribution < -0.4 is 19.6 Å². The van der Waals surface area contributed by atoms with E-state index in [-0.39, 0.29) is 46.7 Å². The van der Waals surface area contributed by atoms with Gasteiger partial charge in [-0.3, -0.25) is 0 Å². The van der Waals surface area contributed by atoms with Crippen LogP contribution in [0.3, 0.4) is 0 Å². The molecule has 2 saturated carbocycles. The fourth-order valence-electron chi connectivity index (χ4n) is 11.1. The first-order valence-electron chi connectivity index (χ1n) is 20.4. The van der Waals surface area contributed by atoms with E-state index in [2.05, 4.69) is 148 Å². The molecule has 1 aromatic carbocycles. The first kappa shape index (κ1) is 36.9. The number of allylic oxidation sites excluding steroid dienone is 2. The van der Waals surface area contributed by atoms with E-state index in [4.69, 9.17) is 0 Å². The van der Waals surface area contributed by atoms with E-state index >= 15 is 0 Å². The normalized spacial score (nSPS) is 27.4. The van der Waals surface area contributed by atoms with Gasteiger partial charge in [-0.05, 0) is 66.9 Å². The monoisotopic (exact) mass is 715 g/mol. The van der Waals surface area contributed by atoms with E-state index in [1.807, 2.05) is 0 Å². The van der Waals surface area contributed by atoms with Crippen molar-refractivity contribution in [1.29, 1.82) is 0 Å². The summed E-state index contributed by atoms with van der Waals surface area (Å²) in [5, 5.41) is 15.6. The molecule has 2 aromatic heterocycles. The van der Waals surface area contributed by atoms with Gasteiger partial charge in [0.25, 0.3) is 0 Å². The minimum Gasteiger partial charge on any atom is -0.495 e. The Balaban J connectivity index is 1.44. The lowest BCUT2D eigenvalue weighted by Gasteiger charge is -2.56. The van der Waals surface area contributed by atoms with E-state index in [0.29, 0.717) is 0 Å². The predicted octanol–water partition coefficient (Wildman–Crippen LogP) is 9.55. The van der Waals surface area contributed by atoms with Crippen molar-refractivity contribution in [3.63, 3.8) is 0 Å². The van der Waals surface area contributed by atoms with Gasteiger partial charge in [0.1, 0.15) is 11.8 Å². The molecule has 1 spiro atoms. The highest BCUT2D eigenvalue weighted by atomic mass is 28.3. The summed E-state index contributed by atoms with van der Waals surface area (Å²) < 4.78 is 5.44. The van der Waals surface area contributed by atoms with Crippen molar-refractivity contribution in [2.24, 2.45) is 23.2 Å². The second-order valence-corrected chi connectivity index (χ2v) is 24.1. The molecule has 2 aliphatic carbocycles. The lowest BCUT2D eigenvalue weighted by molar-refractivity contribution is -0.846. The fraction of sp³-hybridized carbons (Fsp3) is 0.532. The Morgan fingerprint density at radius 1 is 1.06 bits per heavy atom. The van der Waals surface area contributed by atoms with Gasteiger partial charge in [-0.1, -0.05) is 109 Å². The second-order valence-electron chi connectivity index (χ2n) is 19.0. The summed E-state index contributed by atoms with van der Waals surface area (Å²) in [6.07, 6.45) is 23.9. The summed E-state index contributed by atoms with van der Waals surface area (Å²) in [5.41, 5.74) is 8.61. The van der Waals surface area contributed by atoms with Crippen LogP contribution in [0, 0.1) is 23.2 Å². The molecular formula is C47H65N3OSi+2. The standard InChI is InChI=1S/C47H64N3OSi/c1-10-17-35-30-47(50-25-24-34(26-33-18-13-12-14-19-33)27-37(50)22-23-41(35)48-32(3)51)40(11-2)45-44(47)39-21-16-15-20-38(39)42-28-36(29-46(4,5)6)43(31-49(42)45)52(7,8)9/h10-11,15-17,20-21,24-25,27-28,31,33,35,40-41,44-45,48H,2-3,12-14,18-19,22-23,26,29-30H2,1,4-9H3/q+1/p+1. The van der Waals surface area contributed by atoms with Gasteiger partial charge in [0, 0.05) is 48.2 Å². The van der Waals surface area contributed by atoms with Crippen molar-refractivity contribution in [3.8, 4) is 11.3 Å². The lowest BCUT2D eigenvalue weighted by atomic mass is 9.48. The lowest BCUT2D eigenvalue weighted by Crippen LogP contribution is -2.80. The highest BCUT2D eigenvalue weighted by Crippen LogP contribution is 2.64. The summed E-state index contributed by atoms with van der Waals surface area (Å²) in [4.78, 5) is 0. The van der Waals surface area contributed by atoms with Crippen molar-refractivity contribution in [3.05, 3.63) is 115 Å². The predicted molar refractivity (Wildman–Crippen MR) is 219 cm³/mol. The Labute approximate surface area is 315 Å². The van der Waals surface area contributed by atoms with Crippen LogP contribution in [-0.2, 0) is 24.8 Å². The van der Waals surface area contributed by atoms with Crippen LogP contribution in [0.1, 0.15) is 107 Å². The number of hydrogen-bond acceptors (Lipinski definition) is 2. The average molecular weight is 716 g/mol. The number of hydrogen-bond donors (Lipinski definition) is 2. The molecule has 5 heteroatoms. The molecular weight excluding hydrogens is 651 g/mol. The molecule has 6 unspecified atom stereocenters. The molecule has 7 rings (SSSR count). The van der Waals surface area contributed by atoms with Crippen LogP contribution in [-0.4, -0.2) is 19.2 Å². The maximum Gasteiger partial charge on any atom is 0.213 e. The molecule has 0 saturated heterocycles. The van der Waals surface area contributed by atoms with Gasteiger partial charge in [0.15, 0.2) is 35.6 Å². The van der Waals surface area contributed by atoms with E-state index in [0.717, 1.165) is 31.6 Å². The molecule has 0 bridgehead atoms. The Morgan fingerprint density at radius 2 is 1.81 bits per heavy atom. The number of aliphatic hydroxyl groups excluding tert-OH is 1. The maximum atomic E-state index is 10.5. The van der Waals surface area contributed by atoms with E-state index < -0.39 is 8.07 Å². The van der Waals surface area contributed by atoms with Crippen molar-refractivity contribution in [1.82, 2.24) is 5.32 Å². The number of nitrogens with zero attached hydrogens (tertiary/aromatic N) is 2. The molecule has 2 aliphatic heterocycles. The van der Waals surface area contributed by atoms with Crippen LogP contribution in [0.2, 0.25) is 19.6 Å². The van der Waals surface area contributed by atoms with Gasteiger partial charge in [0.05, 0.1) is 13.6 Å². The zero-order chi connectivity index (χ0) is 37.0. The zero-order valence-electron chi connectivity index (χ0n) is 33.2. The van der Waals surface area contributed by atoms with Crippen molar-refractivity contribution in [2.75, 3.05) is 0 Å². The summed E-state index contributed by atoms with van der Waals surface area (Å²) in [6, 6.07) is 17.3. The molecule has 3 aromatic rings. The summed E-state index contributed by atoms with van der Waals surface area (Å²) in [7, 11) is -1.68. The Hall–Kier alpha value is -3.44. The third-order valence-electron chi connectivity index (χ3n) is 13.1. The van der Waals surface area contributed by atoms with Crippen molar-refractivity contribution in [2.45, 2.75) is 135 Å². The smallest absolute Gasteiger partial charge is 0.213 e. The Kier molecular flexibility index (Phi) is 9.99. The molecule has 0 amide bonds. The van der Waals surface area contributed by atoms with E-state index in [1.165, 1.54) is 72.2 Å². The van der Waals surface area contributed by atoms with Gasteiger partial charge in [-0.2, -0.15) is 9.13 Å². The second kappa shape index (κ2) is 14.1. The summed E-state index contributed by atoms with van der Waals surface area (Å²) in [6.45, 7) is 25.3. The van der Waals surface area contributed by atoms with Crippen LogP contribution >= 0.6 is 0 Å². The Morgan fingerprint density at radius 3 is 2.48 bits per heavy atom. The van der Waals surface area contributed by atoms with Crippen LogP contribution in [0.15, 0.2) is 92.1 Å². The number of aromatic nitrogens is 2. The largest absolute Gasteiger partial charge is 0.495 e. The molecule has 2 fully saturated rings. The molecule has 0 radical (unpaired) electrons. The number of aryl methyl sites for hydroxylation is 1. The van der Waals surface area contributed by atoms with Crippen molar-refractivity contribution < 1.29 is 14.2 Å². The van der Waals surface area contributed by atoms with E-state index in [1.54, 1.807) is 5.19 Å². The van der Waals surface area contributed by atoms with E-state index in [9.17, 15) is 5.11 Å². The molecule has 4 nitrogen and oxygen atoms in total. The quantitative estimate of drug-likeness (QED) is 0.106. The zero-order valence-corrected chi connectivity index (χ0v) is 34.2. The molecule has 4 aliphatic rings. The minimum absolute atomic E-state index is 0.0669. The maximum absolute atomic E-state index is 10.5. The number of pyridine rings is 2. The number of nitrogens with one attached hydrogen (secondary N) is 1.